The van der Waals surface area contributed by atoms with Crippen LogP contribution in [-0.4, -0.2) is 4.57 Å². The second-order valence-electron chi connectivity index (χ2n) is 14.8. The molecule has 56 heavy (non-hydrogen) atoms. The van der Waals surface area contributed by atoms with Gasteiger partial charge in [0.1, 0.15) is 11.2 Å². The molecule has 0 atom stereocenters. The Hall–Kier alpha value is -7.42. The number of hydrogen-bond acceptors (Lipinski definition) is 1. The molecule has 0 N–H and O–H groups in total. The van der Waals surface area contributed by atoms with E-state index in [-0.39, 0.29) is 0 Å². The van der Waals surface area contributed by atoms with Crippen molar-refractivity contribution in [3.8, 4) is 39.1 Å². The van der Waals surface area contributed by atoms with Crippen LogP contribution in [0.4, 0.5) is 0 Å². The van der Waals surface area contributed by atoms with Gasteiger partial charge in [0.2, 0.25) is 0 Å². The van der Waals surface area contributed by atoms with Crippen molar-refractivity contribution in [2.45, 2.75) is 0 Å². The first kappa shape index (κ1) is 31.0. The Balaban J connectivity index is 1.16. The minimum absolute atomic E-state index is 0.902. The quantitative estimate of drug-likeness (QED) is 0.166. The van der Waals surface area contributed by atoms with E-state index in [4.69, 9.17) is 4.42 Å². The minimum Gasteiger partial charge on any atom is -0.456 e. The van der Waals surface area contributed by atoms with Gasteiger partial charge in [-0.25, -0.2) is 0 Å². The van der Waals surface area contributed by atoms with Gasteiger partial charge in [-0.15, -0.1) is 0 Å². The first-order chi connectivity index (χ1) is 27.8. The van der Waals surface area contributed by atoms with Crippen LogP contribution in [0.15, 0.2) is 205 Å². The van der Waals surface area contributed by atoms with E-state index in [0.29, 0.717) is 0 Å². The normalized spacial score (nSPS) is 11.9. The molecule has 2 aromatic heterocycles. The van der Waals surface area contributed by atoms with Crippen LogP contribution in [0.25, 0.3) is 115 Å². The lowest BCUT2D eigenvalue weighted by molar-refractivity contribution is 0.669. The molecule has 0 radical (unpaired) electrons. The maximum absolute atomic E-state index is 6.48. The van der Waals surface area contributed by atoms with Crippen molar-refractivity contribution in [2.24, 2.45) is 0 Å². The van der Waals surface area contributed by atoms with Crippen molar-refractivity contribution >= 4 is 76.1 Å². The van der Waals surface area contributed by atoms with Crippen molar-refractivity contribution in [1.29, 1.82) is 0 Å². The summed E-state index contributed by atoms with van der Waals surface area (Å²) in [5.74, 6) is 0. The highest BCUT2D eigenvalue weighted by Crippen LogP contribution is 2.46. The third kappa shape index (κ3) is 4.50. The summed E-state index contributed by atoms with van der Waals surface area (Å²) < 4.78 is 8.88. The molecule has 0 aliphatic rings. The first-order valence-electron chi connectivity index (χ1n) is 19.3. The summed E-state index contributed by atoms with van der Waals surface area (Å²) >= 11 is 0. The SMILES string of the molecule is c1ccc(-c2cc(-c3cccc(-c4cccc5c4c4c6c(ccc4n5-c4ccccc4)oc4ccccc46)c3)cc3c4ccccc4c4ccccc4c23)cc1. The monoisotopic (exact) mass is 711 g/mol. The Bertz CT molecular complexity index is 3520. The van der Waals surface area contributed by atoms with Gasteiger partial charge in [-0.3, -0.25) is 0 Å². The fraction of sp³-hybridized carbons (Fsp3) is 0. The predicted molar refractivity (Wildman–Crippen MR) is 237 cm³/mol. The van der Waals surface area contributed by atoms with E-state index in [2.05, 4.69) is 199 Å². The molecule has 0 fully saturated rings. The van der Waals surface area contributed by atoms with Crippen LogP contribution in [0, 0.1) is 0 Å². The standard InChI is InChI=1S/C54H33NO/c1-3-15-34(16-4-1)45-32-37(33-46-42-23-8-7-21-40(42)41-22-9-10-24-43(41)51(45)46)35-17-13-18-36(31-35)39-26-14-27-47-52(39)54-48(55(47)38-19-5-2-6-20-38)29-30-50-53(54)44-25-11-12-28-49(44)56-50/h1-33H. The maximum atomic E-state index is 6.48. The summed E-state index contributed by atoms with van der Waals surface area (Å²) in [4.78, 5) is 0. The van der Waals surface area contributed by atoms with Crippen LogP contribution in [0.5, 0.6) is 0 Å². The second-order valence-corrected chi connectivity index (χ2v) is 14.8. The van der Waals surface area contributed by atoms with Gasteiger partial charge in [0, 0.05) is 27.2 Å². The molecular weight excluding hydrogens is 679 g/mol. The summed E-state index contributed by atoms with van der Waals surface area (Å²) in [5.41, 5.74) is 12.5. The Morgan fingerprint density at radius 3 is 1.70 bits per heavy atom. The number of para-hydroxylation sites is 2. The van der Waals surface area contributed by atoms with E-state index in [9.17, 15) is 0 Å². The number of rotatable bonds is 4. The molecule has 10 aromatic carbocycles. The van der Waals surface area contributed by atoms with E-state index < -0.39 is 0 Å². The molecule has 0 aliphatic carbocycles. The number of fused-ring (bicyclic) bond motifs is 13. The highest BCUT2D eigenvalue weighted by Gasteiger charge is 2.22. The van der Waals surface area contributed by atoms with Crippen molar-refractivity contribution in [2.75, 3.05) is 0 Å². The molecule has 0 unspecified atom stereocenters. The Labute approximate surface area is 323 Å². The zero-order valence-electron chi connectivity index (χ0n) is 30.4. The highest BCUT2D eigenvalue weighted by atomic mass is 16.3. The summed E-state index contributed by atoms with van der Waals surface area (Å²) in [6.07, 6.45) is 0. The average molecular weight is 712 g/mol. The lowest BCUT2D eigenvalue weighted by Crippen LogP contribution is -1.93. The lowest BCUT2D eigenvalue weighted by Gasteiger charge is -2.17. The smallest absolute Gasteiger partial charge is 0.136 e. The number of nitrogens with zero attached hydrogens (tertiary/aromatic N) is 1. The molecule has 12 rings (SSSR count). The largest absolute Gasteiger partial charge is 0.456 e. The van der Waals surface area contributed by atoms with E-state index in [1.807, 2.05) is 6.07 Å². The zero-order chi connectivity index (χ0) is 36.7. The summed E-state index contributed by atoms with van der Waals surface area (Å²) in [6.45, 7) is 0. The summed E-state index contributed by atoms with van der Waals surface area (Å²) in [7, 11) is 0. The highest BCUT2D eigenvalue weighted by molar-refractivity contribution is 6.31. The van der Waals surface area contributed by atoms with Gasteiger partial charge in [0.15, 0.2) is 0 Å². The third-order valence-corrected chi connectivity index (χ3v) is 11.7. The fourth-order valence-electron chi connectivity index (χ4n) is 9.37. The molecule has 2 nitrogen and oxygen atoms in total. The Morgan fingerprint density at radius 1 is 0.286 bits per heavy atom. The third-order valence-electron chi connectivity index (χ3n) is 11.7. The molecule has 0 aliphatic heterocycles. The average Bonchev–Trinajstić information content (AvgIpc) is 3.82. The fourth-order valence-corrected chi connectivity index (χ4v) is 9.37. The van der Waals surface area contributed by atoms with Gasteiger partial charge in [-0.1, -0.05) is 146 Å². The van der Waals surface area contributed by atoms with Crippen molar-refractivity contribution in [3.05, 3.63) is 200 Å². The van der Waals surface area contributed by atoms with E-state index >= 15 is 0 Å². The van der Waals surface area contributed by atoms with Gasteiger partial charge in [-0.2, -0.15) is 0 Å². The van der Waals surface area contributed by atoms with Crippen LogP contribution in [-0.2, 0) is 0 Å². The number of benzene rings is 10. The predicted octanol–water partition coefficient (Wildman–Crippen LogP) is 15.1. The van der Waals surface area contributed by atoms with Gasteiger partial charge in [0.05, 0.1) is 11.0 Å². The van der Waals surface area contributed by atoms with Crippen LogP contribution >= 0.6 is 0 Å². The molecule has 2 heteroatoms. The number of aromatic nitrogens is 1. The molecule has 0 amide bonds. The van der Waals surface area contributed by atoms with E-state index in [1.54, 1.807) is 0 Å². The van der Waals surface area contributed by atoms with E-state index in [0.717, 1.165) is 33.1 Å². The van der Waals surface area contributed by atoms with Crippen LogP contribution in [0.3, 0.4) is 0 Å². The Kier molecular flexibility index (Phi) is 6.66. The summed E-state index contributed by atoms with van der Waals surface area (Å²) in [6, 6.07) is 72.8. The molecule has 0 saturated carbocycles. The molecule has 0 bridgehead atoms. The van der Waals surface area contributed by atoms with Gasteiger partial charge in [-0.05, 0) is 120 Å². The van der Waals surface area contributed by atoms with Crippen molar-refractivity contribution in [3.63, 3.8) is 0 Å². The Morgan fingerprint density at radius 2 is 0.893 bits per heavy atom. The minimum atomic E-state index is 0.902. The number of hydrogen-bond donors (Lipinski definition) is 0. The first-order valence-corrected chi connectivity index (χ1v) is 19.3. The van der Waals surface area contributed by atoms with Gasteiger partial charge in [0.25, 0.3) is 0 Å². The lowest BCUT2D eigenvalue weighted by atomic mass is 9.86. The van der Waals surface area contributed by atoms with Crippen molar-refractivity contribution in [1.82, 2.24) is 4.57 Å². The molecular formula is C54H33NO. The number of furan rings is 1. The molecule has 2 heterocycles. The van der Waals surface area contributed by atoms with Crippen LogP contribution in [0.1, 0.15) is 0 Å². The zero-order valence-corrected chi connectivity index (χ0v) is 30.4. The maximum Gasteiger partial charge on any atom is 0.136 e. The molecule has 12 aromatic rings. The topological polar surface area (TPSA) is 18.1 Å². The van der Waals surface area contributed by atoms with Gasteiger partial charge >= 0.3 is 0 Å². The van der Waals surface area contributed by atoms with E-state index in [1.165, 1.54) is 82.0 Å². The second kappa shape index (κ2) is 12.0. The van der Waals surface area contributed by atoms with Gasteiger partial charge < -0.3 is 8.98 Å². The van der Waals surface area contributed by atoms with Crippen LogP contribution in [0.2, 0.25) is 0 Å². The van der Waals surface area contributed by atoms with Crippen LogP contribution < -0.4 is 0 Å². The summed E-state index contributed by atoms with van der Waals surface area (Å²) in [5, 5.41) is 12.4. The molecule has 0 saturated heterocycles. The van der Waals surface area contributed by atoms with Crippen molar-refractivity contribution < 1.29 is 4.42 Å². The molecule has 0 spiro atoms. The molecule has 260 valence electrons.